The number of para-hydroxylation sites is 1. The second-order valence-corrected chi connectivity index (χ2v) is 5.25. The molecule has 0 bridgehead atoms. The number of fused-ring (bicyclic) bond motifs is 1. The number of nitrogens with zero attached hydrogens (tertiary/aromatic N) is 1. The summed E-state index contributed by atoms with van der Waals surface area (Å²) < 4.78 is 2.19. The molecule has 2 rings (SSSR count). The van der Waals surface area contributed by atoms with Crippen molar-refractivity contribution in [2.75, 3.05) is 0 Å². The zero-order valence-electron chi connectivity index (χ0n) is 5.34. The largest absolute Gasteiger partial charge is 0.228 e. The predicted molar refractivity (Wildman–Crippen MR) is 57.3 cm³/mol. The van der Waals surface area contributed by atoms with Crippen molar-refractivity contribution in [3.63, 3.8) is 0 Å². The first-order chi connectivity index (χ1) is 5.27. The van der Waals surface area contributed by atoms with Gasteiger partial charge >= 0.3 is 0 Å². The third kappa shape index (κ3) is 1.37. The molecule has 11 heavy (non-hydrogen) atoms. The fourth-order valence-corrected chi connectivity index (χ4v) is 2.83. The number of rotatable bonds is 0. The molecule has 0 saturated heterocycles. The topological polar surface area (TPSA) is 12.9 Å². The molecule has 0 aliphatic carbocycles. The monoisotopic (exact) mass is 295 g/mol. The van der Waals surface area contributed by atoms with Crippen LogP contribution >= 0.6 is 45.5 Å². The molecule has 0 unspecified atom stereocenters. The summed E-state index contributed by atoms with van der Waals surface area (Å²) in [5.74, 6) is 0. The lowest BCUT2D eigenvalue weighted by molar-refractivity contribution is 1.45. The molecule has 0 aliphatic rings. The Morgan fingerprint density at radius 2 is 2.27 bits per heavy atom. The van der Waals surface area contributed by atoms with E-state index in [4.69, 9.17) is 11.6 Å². The van der Waals surface area contributed by atoms with Gasteiger partial charge in [0.2, 0.25) is 0 Å². The van der Waals surface area contributed by atoms with Crippen LogP contribution in [-0.2, 0) is 0 Å². The highest BCUT2D eigenvalue weighted by atomic mass is 127. The van der Waals surface area contributed by atoms with E-state index in [-0.39, 0.29) is 0 Å². The first-order valence-electron chi connectivity index (χ1n) is 2.98. The van der Waals surface area contributed by atoms with Crippen molar-refractivity contribution < 1.29 is 0 Å². The van der Waals surface area contributed by atoms with Crippen molar-refractivity contribution in [3.05, 3.63) is 26.2 Å². The quantitative estimate of drug-likeness (QED) is 0.677. The number of aromatic nitrogens is 1. The Balaban J connectivity index is 2.90. The predicted octanol–water partition coefficient (Wildman–Crippen LogP) is 3.55. The maximum Gasteiger partial charge on any atom is 0.155 e. The van der Waals surface area contributed by atoms with E-state index in [2.05, 4.69) is 27.6 Å². The van der Waals surface area contributed by atoms with Crippen LogP contribution in [0.1, 0.15) is 0 Å². The maximum atomic E-state index is 5.91. The molecule has 56 valence electrons. The summed E-state index contributed by atoms with van der Waals surface area (Å²) in [6, 6.07) is 5.83. The molecule has 1 nitrogen and oxygen atoms in total. The molecule has 0 saturated carbocycles. The van der Waals surface area contributed by atoms with Crippen molar-refractivity contribution in [1.29, 1.82) is 0 Å². The fraction of sp³-hybridized carbons (Fsp3) is 0. The Labute approximate surface area is 86.5 Å². The van der Waals surface area contributed by atoms with Crippen molar-refractivity contribution in [1.82, 2.24) is 4.98 Å². The smallest absolute Gasteiger partial charge is 0.155 e. The highest BCUT2D eigenvalue weighted by molar-refractivity contribution is 14.1. The molecule has 0 amide bonds. The summed E-state index contributed by atoms with van der Waals surface area (Å²) in [7, 11) is 0. The van der Waals surface area contributed by atoms with Crippen molar-refractivity contribution in [2.45, 2.75) is 0 Å². The van der Waals surface area contributed by atoms with Crippen LogP contribution in [0.25, 0.3) is 10.2 Å². The van der Waals surface area contributed by atoms with Gasteiger partial charge in [-0.05, 0) is 34.7 Å². The molecule has 0 atom stereocenters. The van der Waals surface area contributed by atoms with Crippen LogP contribution in [0.3, 0.4) is 0 Å². The van der Waals surface area contributed by atoms with Gasteiger partial charge in [0.15, 0.2) is 3.01 Å². The second-order valence-electron chi connectivity index (χ2n) is 2.05. The lowest BCUT2D eigenvalue weighted by Gasteiger charge is -1.87. The van der Waals surface area contributed by atoms with E-state index in [9.17, 15) is 0 Å². The van der Waals surface area contributed by atoms with E-state index in [1.165, 1.54) is 0 Å². The third-order valence-electron chi connectivity index (χ3n) is 1.34. The molecular weight excluding hydrogens is 293 g/mol. The van der Waals surface area contributed by atoms with Crippen LogP contribution in [-0.4, -0.2) is 4.98 Å². The highest BCUT2D eigenvalue weighted by Gasteiger charge is 2.02. The average Bonchev–Trinajstić information content (AvgIpc) is 2.31. The van der Waals surface area contributed by atoms with Gasteiger partial charge in [-0.2, -0.15) is 0 Å². The lowest BCUT2D eigenvalue weighted by atomic mass is 10.3. The molecule has 0 aliphatic heterocycles. The van der Waals surface area contributed by atoms with Crippen LogP contribution in [0.2, 0.25) is 5.02 Å². The Kier molecular flexibility index (Phi) is 2.03. The van der Waals surface area contributed by atoms with Gasteiger partial charge in [0, 0.05) is 0 Å². The second kappa shape index (κ2) is 2.88. The van der Waals surface area contributed by atoms with Gasteiger partial charge in [0.05, 0.1) is 9.72 Å². The summed E-state index contributed by atoms with van der Waals surface area (Å²) >= 11 is 9.77. The molecule has 4 heteroatoms. The van der Waals surface area contributed by atoms with Crippen molar-refractivity contribution >= 4 is 55.7 Å². The lowest BCUT2D eigenvalue weighted by Crippen LogP contribution is -1.69. The minimum absolute atomic E-state index is 0.738. The summed E-state index contributed by atoms with van der Waals surface area (Å²) in [4.78, 5) is 4.29. The number of hydrogen-bond acceptors (Lipinski definition) is 2. The number of thiazole rings is 1. The summed E-state index contributed by atoms with van der Waals surface area (Å²) in [5.41, 5.74) is 0.920. The minimum Gasteiger partial charge on any atom is -0.228 e. The highest BCUT2D eigenvalue weighted by Crippen LogP contribution is 2.28. The molecule has 0 fully saturated rings. The van der Waals surface area contributed by atoms with Crippen LogP contribution in [0, 0.1) is 3.01 Å². The number of benzene rings is 1. The van der Waals surface area contributed by atoms with Crippen LogP contribution in [0.5, 0.6) is 0 Å². The SMILES string of the molecule is Clc1cccc2sc(I)nc12. The molecule has 0 radical (unpaired) electrons. The first-order valence-corrected chi connectivity index (χ1v) is 5.25. The van der Waals surface area contributed by atoms with Gasteiger partial charge in [0.25, 0.3) is 0 Å². The standard InChI is InChI=1S/C7H3ClINS/c8-4-2-1-3-5-6(4)10-7(9)11-5/h1-3H. The molecular formula is C7H3ClINS. The zero-order chi connectivity index (χ0) is 7.84. The van der Waals surface area contributed by atoms with Gasteiger partial charge in [-0.25, -0.2) is 4.98 Å². The van der Waals surface area contributed by atoms with E-state index in [1.807, 2.05) is 18.2 Å². The number of hydrogen-bond donors (Lipinski definition) is 0. The maximum absolute atomic E-state index is 5.91. The van der Waals surface area contributed by atoms with Crippen molar-refractivity contribution in [3.8, 4) is 0 Å². The molecule has 0 N–H and O–H groups in total. The van der Waals surface area contributed by atoms with Gasteiger partial charge in [-0.1, -0.05) is 17.7 Å². The van der Waals surface area contributed by atoms with E-state index in [0.717, 1.165) is 18.3 Å². The zero-order valence-corrected chi connectivity index (χ0v) is 9.07. The van der Waals surface area contributed by atoms with E-state index in [0.29, 0.717) is 0 Å². The average molecular weight is 296 g/mol. The van der Waals surface area contributed by atoms with Crippen LogP contribution in [0.15, 0.2) is 18.2 Å². The normalized spacial score (nSPS) is 10.7. The molecule has 1 heterocycles. The molecule has 1 aromatic heterocycles. The van der Waals surface area contributed by atoms with Gasteiger partial charge in [0.1, 0.15) is 5.52 Å². The third-order valence-corrected chi connectivity index (χ3v) is 3.36. The Hall–Kier alpha value is 0.130. The molecule has 2 aromatic rings. The van der Waals surface area contributed by atoms with E-state index in [1.54, 1.807) is 11.3 Å². The van der Waals surface area contributed by atoms with Gasteiger partial charge < -0.3 is 0 Å². The molecule has 1 aromatic carbocycles. The first kappa shape index (κ1) is 7.76. The van der Waals surface area contributed by atoms with Crippen molar-refractivity contribution in [2.24, 2.45) is 0 Å². The van der Waals surface area contributed by atoms with Gasteiger partial charge in [-0.15, -0.1) is 11.3 Å². The Bertz CT molecular complexity index is 398. The van der Waals surface area contributed by atoms with Gasteiger partial charge in [-0.3, -0.25) is 0 Å². The summed E-state index contributed by atoms with van der Waals surface area (Å²) in [6.45, 7) is 0. The summed E-state index contributed by atoms with van der Waals surface area (Å²) in [5, 5.41) is 0.738. The summed E-state index contributed by atoms with van der Waals surface area (Å²) in [6.07, 6.45) is 0. The Morgan fingerprint density at radius 3 is 3.00 bits per heavy atom. The number of halogens is 2. The molecule has 0 spiro atoms. The Morgan fingerprint density at radius 1 is 1.45 bits per heavy atom. The van der Waals surface area contributed by atoms with Crippen LogP contribution in [0.4, 0.5) is 0 Å². The van der Waals surface area contributed by atoms with E-state index >= 15 is 0 Å². The van der Waals surface area contributed by atoms with E-state index < -0.39 is 0 Å². The minimum atomic E-state index is 0.738. The van der Waals surface area contributed by atoms with Crippen LogP contribution < -0.4 is 0 Å². The fourth-order valence-electron chi connectivity index (χ4n) is 0.888.